The van der Waals surface area contributed by atoms with Gasteiger partial charge in [0.1, 0.15) is 11.4 Å². The quantitative estimate of drug-likeness (QED) is 0.0317. The Labute approximate surface area is 606 Å². The molecule has 8 heterocycles. The maximum absolute atomic E-state index is 12.5. The van der Waals surface area contributed by atoms with Crippen molar-refractivity contribution in [2.24, 2.45) is 5.73 Å². The van der Waals surface area contributed by atoms with Crippen molar-refractivity contribution in [3.63, 3.8) is 0 Å². The van der Waals surface area contributed by atoms with E-state index in [4.69, 9.17) is 16.6 Å². The third-order valence-electron chi connectivity index (χ3n) is 15.8. The number of methoxy groups -OCH3 is 1. The summed E-state index contributed by atoms with van der Waals surface area (Å²) in [7, 11) is 7.93. The second kappa shape index (κ2) is 33.8. The number of fused-ring (bicyclic) bond motifs is 4. The fourth-order valence-electron chi connectivity index (χ4n) is 11.6. The van der Waals surface area contributed by atoms with Crippen LogP contribution in [0, 0.1) is 55.4 Å². The highest BCUT2D eigenvalue weighted by Crippen LogP contribution is 2.31. The lowest BCUT2D eigenvalue weighted by molar-refractivity contribution is 0.0515. The number of carboxylic acid groups (broad SMARTS) is 2. The number of amides is 1. The summed E-state index contributed by atoms with van der Waals surface area (Å²) in [5.41, 5.74) is 24.8. The number of alkyl halides is 1. The predicted molar refractivity (Wildman–Crippen MR) is 408 cm³/mol. The molecule has 0 aliphatic carbocycles. The molecule has 0 spiro atoms. The zero-order valence-corrected chi connectivity index (χ0v) is 60.6. The number of carbonyl (C=O) groups excluding carboxylic acids is 2. The van der Waals surface area contributed by atoms with Crippen molar-refractivity contribution >= 4 is 115 Å². The summed E-state index contributed by atoms with van der Waals surface area (Å²) in [5, 5.41) is 58.4. The van der Waals surface area contributed by atoms with Crippen LogP contribution in [0.25, 0.3) is 22.6 Å². The zero-order chi connectivity index (χ0) is 76.6. The number of nitrogens with one attached hydrogen (secondary N) is 7. The molecule has 0 atom stereocenters. The Bertz CT molecular complexity index is 4910. The number of carboxylic acids is 2. The average Bonchev–Trinajstić information content (AvgIpc) is 2.42. The van der Waals surface area contributed by atoms with Crippen molar-refractivity contribution in [1.29, 1.82) is 0 Å². The maximum Gasteiger partial charge on any atom is 0.358 e. The normalized spacial score (nSPS) is 10.8. The first-order valence-electron chi connectivity index (χ1n) is 33.6. The van der Waals surface area contributed by atoms with Gasteiger partial charge in [-0.05, 0) is 173 Å². The van der Waals surface area contributed by atoms with Gasteiger partial charge in [0.25, 0.3) is 5.91 Å². The predicted octanol–water partition coefficient (Wildman–Crippen LogP) is 13.4. The molecule has 0 saturated carbocycles. The summed E-state index contributed by atoms with van der Waals surface area (Å²) in [4.78, 5) is 65.6. The minimum atomic E-state index is -1.07. The molecule has 13 rings (SSSR count). The van der Waals surface area contributed by atoms with Crippen LogP contribution in [0.2, 0.25) is 0 Å². The summed E-state index contributed by atoms with van der Waals surface area (Å²) in [5.74, 6) is -0.119. The monoisotopic (exact) mass is 1430 g/mol. The lowest BCUT2D eigenvalue weighted by Crippen LogP contribution is -2.19. The molecule has 13 aromatic rings. The van der Waals surface area contributed by atoms with Gasteiger partial charge in [-0.1, -0.05) is 36.4 Å². The van der Waals surface area contributed by atoms with Gasteiger partial charge in [-0.25, -0.2) is 52.4 Å². The third-order valence-corrected chi connectivity index (χ3v) is 15.8. The topological polar surface area (TPSA) is 361 Å². The number of hydrogen-bond donors (Lipinski definition) is 10. The van der Waals surface area contributed by atoms with Crippen LogP contribution in [0.1, 0.15) is 100 Å². The van der Waals surface area contributed by atoms with E-state index in [1.807, 2.05) is 121 Å². The number of esters is 1. The Morgan fingerprint density at radius 2 is 0.790 bits per heavy atom. The number of imidazole rings is 4. The number of rotatable bonds is 20. The van der Waals surface area contributed by atoms with Gasteiger partial charge < -0.3 is 67.5 Å². The third kappa shape index (κ3) is 18.6. The summed E-state index contributed by atoms with van der Waals surface area (Å²) in [6, 6.07) is 39.9. The van der Waals surface area contributed by atoms with Gasteiger partial charge in [0.15, 0.2) is 62.9 Å². The van der Waals surface area contributed by atoms with E-state index >= 15 is 0 Å². The lowest BCUT2D eigenvalue weighted by atomic mass is 10.1. The number of nitrogens with two attached hydrogens (primary N) is 1. The molecule has 29 nitrogen and oxygen atoms in total. The number of primary amides is 1. The molecule has 0 bridgehead atoms. The molecular formula is C75H84FN21O8. The van der Waals surface area contributed by atoms with Crippen LogP contribution >= 0.6 is 0 Å². The lowest BCUT2D eigenvalue weighted by Gasteiger charge is -2.21. The van der Waals surface area contributed by atoms with E-state index in [1.54, 1.807) is 51.8 Å². The van der Waals surface area contributed by atoms with Crippen molar-refractivity contribution < 1.29 is 44.6 Å². The minimum absolute atomic E-state index is 0.0144. The molecule has 8 aromatic heterocycles. The van der Waals surface area contributed by atoms with E-state index in [1.165, 1.54) is 38.3 Å². The Balaban J connectivity index is 0.000000164. The molecule has 0 aliphatic rings. The molecule has 105 heavy (non-hydrogen) atoms. The number of benzene rings is 5. The van der Waals surface area contributed by atoms with Crippen LogP contribution in [-0.2, 0) is 11.3 Å². The average molecular weight is 1430 g/mol. The number of hydrogen-bond acceptors (Lipinski definition) is 22. The standard InChI is InChI=1S/C26H29N5O3.C16H18N6O.2C16H17N5O2.CH3F/c1-6-34-26(32)23-15-27-25-22(30(4)16-19-7-9-21(33-5)10-8-19)14-24(29-31(23)25)28-20-12-17(2)11-18(3)13-20;1-9-4-10(2)6-11(5-9)20-14-7-12(18-3)16-19-8-13(15(17)23)22(16)21-14;2*1-9-4-10(2)6-11(5-9)19-14-7-12(17-3)15-18-8-13(16(22)23)21(15)20-14;1-2/h7-15H,6,16H2,1-5H3,(H,28,29);4-8,18H,1-3H3,(H2,17,23)(H,20,21);2*4-8,17H,1-3H3,(H,19,20)(H,22,23);1H3/i;;;;1D. The van der Waals surface area contributed by atoms with Crippen LogP contribution < -0.4 is 52.6 Å². The van der Waals surface area contributed by atoms with Crippen molar-refractivity contribution in [2.45, 2.75) is 68.9 Å². The molecule has 11 N–H and O–H groups in total. The first-order valence-corrected chi connectivity index (χ1v) is 32.8. The van der Waals surface area contributed by atoms with E-state index in [0.29, 0.717) is 63.8 Å². The second-order valence-electron chi connectivity index (χ2n) is 24.4. The zero-order valence-electron chi connectivity index (χ0n) is 61.6. The fraction of sp³-hybridized carbons (Fsp3) is 0.227. The van der Waals surface area contributed by atoms with E-state index in [9.17, 15) is 33.8 Å². The smallest absolute Gasteiger partial charge is 0.358 e. The van der Waals surface area contributed by atoms with Gasteiger partial charge in [-0.15, -0.1) is 20.4 Å². The number of aromatic carboxylic acids is 2. The summed E-state index contributed by atoms with van der Waals surface area (Å²) in [6.45, 7) is 18.9. The van der Waals surface area contributed by atoms with E-state index < -0.39 is 31.0 Å². The van der Waals surface area contributed by atoms with E-state index in [-0.39, 0.29) is 29.4 Å². The highest BCUT2D eigenvalue weighted by atomic mass is 19.1. The second-order valence-corrected chi connectivity index (χ2v) is 24.4. The van der Waals surface area contributed by atoms with Crippen LogP contribution in [0.4, 0.5) is 73.2 Å². The number of halogens is 1. The van der Waals surface area contributed by atoms with Crippen LogP contribution in [0.15, 0.2) is 146 Å². The number of nitrogens with zero attached hydrogens (tertiary/aromatic N) is 13. The molecule has 0 fully saturated rings. The molecule has 0 radical (unpaired) electrons. The van der Waals surface area contributed by atoms with Crippen LogP contribution in [-0.4, -0.2) is 141 Å². The molecule has 0 unspecified atom stereocenters. The number of aryl methyl sites for hydroxylation is 8. The van der Waals surface area contributed by atoms with Crippen molar-refractivity contribution in [1.82, 2.24) is 58.4 Å². The first kappa shape index (κ1) is 74.3. The van der Waals surface area contributed by atoms with Crippen LogP contribution in [0.3, 0.4) is 0 Å². The van der Waals surface area contributed by atoms with Crippen LogP contribution in [0.5, 0.6) is 5.75 Å². The van der Waals surface area contributed by atoms with Gasteiger partial charge >= 0.3 is 17.9 Å². The number of carbonyl (C=O) groups is 4. The van der Waals surface area contributed by atoms with E-state index in [0.717, 1.165) is 89.9 Å². The Morgan fingerprint density at radius 1 is 0.486 bits per heavy atom. The largest absolute Gasteiger partial charge is 0.497 e. The fourth-order valence-corrected chi connectivity index (χ4v) is 11.6. The Hall–Kier alpha value is -13.4. The highest BCUT2D eigenvalue weighted by Gasteiger charge is 2.22. The van der Waals surface area contributed by atoms with Gasteiger partial charge in [0, 0.05) is 81.8 Å². The van der Waals surface area contributed by atoms with Crippen molar-refractivity contribution in [3.8, 4) is 5.75 Å². The Kier molecular flexibility index (Phi) is 23.9. The minimum Gasteiger partial charge on any atom is -0.497 e. The van der Waals surface area contributed by atoms with Gasteiger partial charge in [0.2, 0.25) is 0 Å². The van der Waals surface area contributed by atoms with Gasteiger partial charge in [-0.3, -0.25) is 9.18 Å². The SMILES string of the molecule is CCOC(=O)c1cnc2c(N(C)Cc3ccc(OC)cc3)cc(Nc3cc(C)cc(C)c3)nn12.CNc1cc(Nc2cc(C)cc(C)c2)nn2c(C(=O)O)cnc12.CNc1cc(Nc2cc(C)cc(C)c2)nn2c(C(=O)O)cnc12.CNc1cc(Nc2cc(C)cc(C)c2)nn2c(C(N)=O)cnc12.[2H]CF. The van der Waals surface area contributed by atoms with Gasteiger partial charge in [-0.2, -0.15) is 0 Å². The van der Waals surface area contributed by atoms with Crippen molar-refractivity contribution in [3.05, 3.63) is 219 Å². The van der Waals surface area contributed by atoms with Crippen molar-refractivity contribution in [2.75, 3.05) is 91.2 Å². The summed E-state index contributed by atoms with van der Waals surface area (Å²) >= 11 is 0. The van der Waals surface area contributed by atoms with Gasteiger partial charge in [0.05, 0.1) is 69.8 Å². The highest BCUT2D eigenvalue weighted by molar-refractivity contribution is 5.93. The molecular weight excluding hydrogens is 1340 g/mol. The molecule has 5 aromatic carbocycles. The first-order chi connectivity index (χ1) is 50.7. The molecule has 1 amide bonds. The molecule has 544 valence electrons. The summed E-state index contributed by atoms with van der Waals surface area (Å²) in [6.07, 6.45) is 5.52. The number of ether oxygens (including phenoxy) is 2. The maximum atomic E-state index is 12.5. The number of aromatic nitrogens is 12. The Morgan fingerprint density at radius 3 is 1.10 bits per heavy atom. The molecule has 30 heteroatoms. The molecule has 0 aliphatic heterocycles. The number of anilines is 12. The van der Waals surface area contributed by atoms with E-state index in [2.05, 4.69) is 133 Å². The molecule has 0 saturated heterocycles. The summed E-state index contributed by atoms with van der Waals surface area (Å²) < 4.78 is 31.6.